The van der Waals surface area contributed by atoms with E-state index in [0.717, 1.165) is 16.6 Å². The van der Waals surface area contributed by atoms with Gasteiger partial charge in [0, 0.05) is 23.5 Å². The van der Waals surface area contributed by atoms with E-state index < -0.39 is 6.17 Å². The fourth-order valence-corrected chi connectivity index (χ4v) is 3.36. The summed E-state index contributed by atoms with van der Waals surface area (Å²) in [6.45, 7) is 4.09. The minimum Gasteiger partial charge on any atom is -0.336 e. The number of rotatable bonds is 3. The molecule has 1 amide bonds. The van der Waals surface area contributed by atoms with Crippen LogP contribution in [0.2, 0.25) is 0 Å². The average molecular weight is 355 g/mol. The van der Waals surface area contributed by atoms with Crippen molar-refractivity contribution in [3.63, 3.8) is 0 Å². The third-order valence-electron chi connectivity index (χ3n) is 4.90. The Morgan fingerprint density at radius 1 is 1.27 bits per heavy atom. The van der Waals surface area contributed by atoms with Gasteiger partial charge in [-0.1, -0.05) is 18.2 Å². The van der Waals surface area contributed by atoms with Gasteiger partial charge in [-0.25, -0.2) is 8.78 Å². The van der Waals surface area contributed by atoms with Crippen LogP contribution in [0.15, 0.2) is 36.7 Å². The third-order valence-corrected chi connectivity index (χ3v) is 4.90. The van der Waals surface area contributed by atoms with Crippen molar-refractivity contribution in [3.8, 4) is 11.1 Å². The quantitative estimate of drug-likeness (QED) is 0.719. The summed E-state index contributed by atoms with van der Waals surface area (Å²) in [5.74, 6) is -0.392. The number of fused-ring (bicyclic) bond motifs is 1. The lowest BCUT2D eigenvalue weighted by Gasteiger charge is -2.34. The van der Waals surface area contributed by atoms with Crippen LogP contribution in [-0.4, -0.2) is 39.6 Å². The number of amides is 1. The van der Waals surface area contributed by atoms with Gasteiger partial charge in [0.05, 0.1) is 24.1 Å². The highest BCUT2D eigenvalue weighted by Gasteiger charge is 2.30. The Labute approximate surface area is 150 Å². The standard InChI is InChI=1S/C20H19F2N3O/c1-12-4-3-5-16(19(12)22)14-6-17-20(23-7-14)13(2)8-24(17)11-18(26)25-9-15(21)10-25/h3-8,15H,9-11H2,1-2H3. The van der Waals surface area contributed by atoms with Crippen molar-refractivity contribution in [1.29, 1.82) is 0 Å². The van der Waals surface area contributed by atoms with Gasteiger partial charge in [0.1, 0.15) is 18.5 Å². The average Bonchev–Trinajstić information content (AvgIpc) is 2.89. The molecule has 26 heavy (non-hydrogen) atoms. The van der Waals surface area contributed by atoms with Crippen LogP contribution in [-0.2, 0) is 11.3 Å². The van der Waals surface area contributed by atoms with E-state index in [9.17, 15) is 13.6 Å². The molecule has 0 atom stereocenters. The molecule has 3 aromatic rings. The van der Waals surface area contributed by atoms with Crippen LogP contribution in [0.5, 0.6) is 0 Å². The van der Waals surface area contributed by atoms with E-state index in [2.05, 4.69) is 4.98 Å². The van der Waals surface area contributed by atoms with Gasteiger partial charge >= 0.3 is 0 Å². The lowest BCUT2D eigenvalue weighted by Crippen LogP contribution is -2.52. The number of likely N-dealkylation sites (tertiary alicyclic amines) is 1. The summed E-state index contributed by atoms with van der Waals surface area (Å²) in [5, 5.41) is 0. The van der Waals surface area contributed by atoms with Crippen LogP contribution >= 0.6 is 0 Å². The molecule has 4 rings (SSSR count). The summed E-state index contributed by atoms with van der Waals surface area (Å²) in [6.07, 6.45) is 2.60. The first-order valence-electron chi connectivity index (χ1n) is 8.57. The number of carbonyl (C=O) groups is 1. The molecule has 6 heteroatoms. The molecule has 0 saturated carbocycles. The largest absolute Gasteiger partial charge is 0.336 e. The maximum Gasteiger partial charge on any atom is 0.242 e. The molecule has 0 N–H and O–H groups in total. The molecule has 4 nitrogen and oxygen atoms in total. The van der Waals surface area contributed by atoms with Gasteiger partial charge < -0.3 is 9.47 Å². The Kier molecular flexibility index (Phi) is 3.98. The predicted octanol–water partition coefficient (Wildman–Crippen LogP) is 3.64. The Hall–Kier alpha value is -2.76. The third kappa shape index (κ3) is 2.75. The Bertz CT molecular complexity index is 1010. The second-order valence-corrected chi connectivity index (χ2v) is 6.86. The number of pyridine rings is 1. The van der Waals surface area contributed by atoms with Crippen molar-refractivity contribution in [2.75, 3.05) is 13.1 Å². The minimum absolute atomic E-state index is 0.122. The van der Waals surface area contributed by atoms with E-state index in [4.69, 9.17) is 0 Å². The summed E-state index contributed by atoms with van der Waals surface area (Å²) in [4.78, 5) is 18.3. The van der Waals surface area contributed by atoms with Gasteiger partial charge in [-0.3, -0.25) is 9.78 Å². The van der Waals surface area contributed by atoms with E-state index >= 15 is 0 Å². The highest BCUT2D eigenvalue weighted by atomic mass is 19.1. The van der Waals surface area contributed by atoms with Crippen LogP contribution in [0.4, 0.5) is 8.78 Å². The van der Waals surface area contributed by atoms with Crippen LogP contribution in [0.3, 0.4) is 0 Å². The Balaban J connectivity index is 1.73. The van der Waals surface area contributed by atoms with Crippen molar-refractivity contribution in [1.82, 2.24) is 14.5 Å². The van der Waals surface area contributed by atoms with Gasteiger partial charge in [0.25, 0.3) is 0 Å². The summed E-state index contributed by atoms with van der Waals surface area (Å²) in [7, 11) is 0. The molecule has 0 aliphatic carbocycles. The SMILES string of the molecule is Cc1cccc(-c2cnc3c(C)cn(CC(=O)N4CC(F)C4)c3c2)c1F. The van der Waals surface area contributed by atoms with E-state index in [1.807, 2.05) is 29.8 Å². The molecule has 0 radical (unpaired) electrons. The number of carbonyl (C=O) groups excluding carboxylic acids is 1. The number of aryl methyl sites for hydroxylation is 2. The number of benzene rings is 1. The number of halogens is 2. The minimum atomic E-state index is -0.917. The summed E-state index contributed by atoms with van der Waals surface area (Å²) >= 11 is 0. The number of alkyl halides is 1. The lowest BCUT2D eigenvalue weighted by molar-refractivity contribution is -0.138. The fourth-order valence-electron chi connectivity index (χ4n) is 3.36. The number of aromatic nitrogens is 2. The molecule has 2 aromatic heterocycles. The lowest BCUT2D eigenvalue weighted by atomic mass is 10.0. The van der Waals surface area contributed by atoms with Crippen molar-refractivity contribution >= 4 is 16.9 Å². The normalized spacial score (nSPS) is 14.7. The first-order chi connectivity index (χ1) is 12.4. The number of nitrogens with zero attached hydrogens (tertiary/aromatic N) is 3. The molecule has 1 aliphatic heterocycles. The van der Waals surface area contributed by atoms with Crippen molar-refractivity contribution in [3.05, 3.63) is 53.6 Å². The molecule has 1 aliphatic rings. The van der Waals surface area contributed by atoms with Crippen molar-refractivity contribution < 1.29 is 13.6 Å². The van der Waals surface area contributed by atoms with E-state index in [1.54, 1.807) is 25.3 Å². The first kappa shape index (κ1) is 16.7. The van der Waals surface area contributed by atoms with Gasteiger partial charge in [-0.2, -0.15) is 0 Å². The molecule has 0 spiro atoms. The van der Waals surface area contributed by atoms with E-state index in [0.29, 0.717) is 16.7 Å². The van der Waals surface area contributed by atoms with E-state index in [1.165, 1.54) is 4.90 Å². The van der Waals surface area contributed by atoms with Crippen molar-refractivity contribution in [2.24, 2.45) is 0 Å². The molecule has 1 saturated heterocycles. The molecule has 134 valence electrons. The van der Waals surface area contributed by atoms with Crippen LogP contribution in [0, 0.1) is 19.7 Å². The second kappa shape index (κ2) is 6.20. The molecule has 0 unspecified atom stereocenters. The van der Waals surface area contributed by atoms with Gasteiger partial charge in [0.15, 0.2) is 0 Å². The maximum atomic E-state index is 14.5. The van der Waals surface area contributed by atoms with E-state index in [-0.39, 0.29) is 31.4 Å². The highest BCUT2D eigenvalue weighted by Crippen LogP contribution is 2.28. The Morgan fingerprint density at radius 3 is 2.77 bits per heavy atom. The maximum absolute atomic E-state index is 14.5. The van der Waals surface area contributed by atoms with Crippen molar-refractivity contribution in [2.45, 2.75) is 26.6 Å². The monoisotopic (exact) mass is 355 g/mol. The number of hydrogen-bond acceptors (Lipinski definition) is 2. The summed E-state index contributed by atoms with van der Waals surface area (Å²) < 4.78 is 29.3. The van der Waals surface area contributed by atoms with Gasteiger partial charge in [-0.15, -0.1) is 0 Å². The fraction of sp³-hybridized carbons (Fsp3) is 0.300. The highest BCUT2D eigenvalue weighted by molar-refractivity contribution is 5.86. The van der Waals surface area contributed by atoms with Gasteiger partial charge in [-0.05, 0) is 31.0 Å². The molecular weight excluding hydrogens is 336 g/mol. The second-order valence-electron chi connectivity index (χ2n) is 6.86. The molecule has 0 bridgehead atoms. The Morgan fingerprint density at radius 2 is 2.04 bits per heavy atom. The predicted molar refractivity (Wildman–Crippen MR) is 96.1 cm³/mol. The zero-order chi connectivity index (χ0) is 18.4. The zero-order valence-electron chi connectivity index (χ0n) is 14.7. The molecule has 1 aromatic carbocycles. The molecule has 3 heterocycles. The van der Waals surface area contributed by atoms with Crippen LogP contribution in [0.25, 0.3) is 22.2 Å². The smallest absolute Gasteiger partial charge is 0.242 e. The summed E-state index contributed by atoms with van der Waals surface area (Å²) in [6, 6.07) is 7.11. The topological polar surface area (TPSA) is 38.1 Å². The van der Waals surface area contributed by atoms with Gasteiger partial charge in [0.2, 0.25) is 5.91 Å². The zero-order valence-corrected chi connectivity index (χ0v) is 14.7. The molecular formula is C20H19F2N3O. The summed E-state index contributed by atoms with van der Waals surface area (Å²) in [5.41, 5.74) is 4.21. The first-order valence-corrected chi connectivity index (χ1v) is 8.57. The molecule has 1 fully saturated rings. The van der Waals surface area contributed by atoms with Crippen LogP contribution in [0.1, 0.15) is 11.1 Å². The van der Waals surface area contributed by atoms with Crippen LogP contribution < -0.4 is 0 Å². The number of hydrogen-bond donors (Lipinski definition) is 0.